The Labute approximate surface area is 105 Å². The average molecular weight is 257 g/mol. The maximum absolute atomic E-state index is 11.7. The fourth-order valence-electron chi connectivity index (χ4n) is 1.62. The fraction of sp³-hybridized carbons (Fsp3) is 0.727. The van der Waals surface area contributed by atoms with E-state index in [4.69, 9.17) is 5.11 Å². The normalized spacial score (nSPS) is 22.6. The largest absolute Gasteiger partial charge is 0.480 e. The van der Waals surface area contributed by atoms with Gasteiger partial charge in [-0.25, -0.2) is 9.59 Å². The van der Waals surface area contributed by atoms with Crippen molar-refractivity contribution in [2.24, 2.45) is 0 Å². The molecule has 1 heterocycles. The van der Waals surface area contributed by atoms with E-state index in [1.165, 1.54) is 6.92 Å². The second kappa shape index (κ2) is 5.70. The molecule has 0 spiro atoms. The molecule has 1 saturated heterocycles. The zero-order valence-corrected chi connectivity index (χ0v) is 10.6. The number of carbonyl (C=O) groups is 3. The van der Waals surface area contributed by atoms with Crippen molar-refractivity contribution < 1.29 is 19.5 Å². The molecular formula is C11H19N3O4. The van der Waals surface area contributed by atoms with Crippen molar-refractivity contribution in [3.05, 3.63) is 0 Å². The minimum Gasteiger partial charge on any atom is -0.480 e. The fourth-order valence-corrected chi connectivity index (χ4v) is 1.62. The molecule has 0 aromatic heterocycles. The van der Waals surface area contributed by atoms with Gasteiger partial charge in [0.15, 0.2) is 0 Å². The molecule has 3 amide bonds. The van der Waals surface area contributed by atoms with E-state index < -0.39 is 17.5 Å². The highest BCUT2D eigenvalue weighted by atomic mass is 16.4. The molecule has 0 bridgehead atoms. The molecule has 0 saturated carbocycles. The van der Waals surface area contributed by atoms with E-state index in [-0.39, 0.29) is 18.4 Å². The topological polar surface area (TPSA) is 108 Å². The lowest BCUT2D eigenvalue weighted by atomic mass is 9.99. The van der Waals surface area contributed by atoms with Gasteiger partial charge in [0.25, 0.3) is 0 Å². The molecule has 2 atom stereocenters. The van der Waals surface area contributed by atoms with Crippen LogP contribution in [-0.2, 0) is 9.59 Å². The number of amides is 3. The standard InChI is InChI=1S/C11H19N3O4/c1-3-11(2,9(16)17)14-10(18)13-7-4-5-8(15)12-6-7/h7H,3-6H2,1-2H3,(H,12,15)(H,16,17)(H2,13,14,18). The van der Waals surface area contributed by atoms with Crippen molar-refractivity contribution in [2.45, 2.75) is 44.7 Å². The van der Waals surface area contributed by atoms with E-state index in [0.29, 0.717) is 19.4 Å². The maximum Gasteiger partial charge on any atom is 0.329 e. The molecule has 0 radical (unpaired) electrons. The lowest BCUT2D eigenvalue weighted by Gasteiger charge is -2.28. The van der Waals surface area contributed by atoms with Crippen LogP contribution in [0.2, 0.25) is 0 Å². The second-order valence-corrected chi connectivity index (χ2v) is 4.63. The molecule has 1 aliphatic heterocycles. The smallest absolute Gasteiger partial charge is 0.329 e. The van der Waals surface area contributed by atoms with Gasteiger partial charge in [0.05, 0.1) is 0 Å². The van der Waals surface area contributed by atoms with Crippen LogP contribution in [0.25, 0.3) is 0 Å². The molecule has 7 heteroatoms. The van der Waals surface area contributed by atoms with Crippen LogP contribution in [0.3, 0.4) is 0 Å². The summed E-state index contributed by atoms with van der Waals surface area (Å²) in [5.41, 5.74) is -1.28. The maximum atomic E-state index is 11.7. The Kier molecular flexibility index (Phi) is 4.52. The number of rotatable bonds is 4. The highest BCUT2D eigenvalue weighted by Crippen LogP contribution is 2.09. The Morgan fingerprint density at radius 3 is 2.67 bits per heavy atom. The van der Waals surface area contributed by atoms with Gasteiger partial charge in [-0.05, 0) is 19.8 Å². The number of carboxylic acid groups (broad SMARTS) is 1. The van der Waals surface area contributed by atoms with Crippen LogP contribution in [0.5, 0.6) is 0 Å². The number of aliphatic carboxylic acids is 1. The summed E-state index contributed by atoms with van der Waals surface area (Å²) in [5, 5.41) is 16.8. The highest BCUT2D eigenvalue weighted by Gasteiger charge is 2.33. The monoisotopic (exact) mass is 257 g/mol. The summed E-state index contributed by atoms with van der Waals surface area (Å²) in [5.74, 6) is -1.10. The summed E-state index contributed by atoms with van der Waals surface area (Å²) >= 11 is 0. The Morgan fingerprint density at radius 1 is 1.56 bits per heavy atom. The molecular weight excluding hydrogens is 238 g/mol. The van der Waals surface area contributed by atoms with Gasteiger partial charge in [0, 0.05) is 19.0 Å². The van der Waals surface area contributed by atoms with Gasteiger partial charge in [-0.1, -0.05) is 6.92 Å². The molecule has 2 unspecified atom stereocenters. The van der Waals surface area contributed by atoms with Crippen LogP contribution >= 0.6 is 0 Å². The molecule has 1 fully saturated rings. The first-order valence-electron chi connectivity index (χ1n) is 5.96. The number of carboxylic acids is 1. The molecule has 0 aromatic carbocycles. The van der Waals surface area contributed by atoms with E-state index in [0.717, 1.165) is 0 Å². The third-order valence-electron chi connectivity index (χ3n) is 3.17. The van der Waals surface area contributed by atoms with Crippen molar-refractivity contribution in [1.82, 2.24) is 16.0 Å². The average Bonchev–Trinajstić information content (AvgIpc) is 2.31. The second-order valence-electron chi connectivity index (χ2n) is 4.63. The van der Waals surface area contributed by atoms with Crippen LogP contribution in [0.15, 0.2) is 0 Å². The quantitative estimate of drug-likeness (QED) is 0.560. The Morgan fingerprint density at radius 2 is 2.22 bits per heavy atom. The molecule has 7 nitrogen and oxygen atoms in total. The zero-order valence-electron chi connectivity index (χ0n) is 10.6. The van der Waals surface area contributed by atoms with Crippen molar-refractivity contribution in [3.8, 4) is 0 Å². The molecule has 1 aliphatic rings. The molecule has 18 heavy (non-hydrogen) atoms. The van der Waals surface area contributed by atoms with Gasteiger partial charge in [0.2, 0.25) is 5.91 Å². The number of hydrogen-bond donors (Lipinski definition) is 4. The summed E-state index contributed by atoms with van der Waals surface area (Å²) in [6.07, 6.45) is 1.22. The first-order valence-corrected chi connectivity index (χ1v) is 5.96. The lowest BCUT2D eigenvalue weighted by molar-refractivity contribution is -0.143. The predicted molar refractivity (Wildman–Crippen MR) is 64.0 cm³/mol. The molecule has 4 N–H and O–H groups in total. The summed E-state index contributed by atoms with van der Waals surface area (Å²) in [6.45, 7) is 3.52. The van der Waals surface area contributed by atoms with Gasteiger partial charge < -0.3 is 21.1 Å². The van der Waals surface area contributed by atoms with Gasteiger partial charge >= 0.3 is 12.0 Å². The van der Waals surface area contributed by atoms with Gasteiger partial charge in [-0.2, -0.15) is 0 Å². The predicted octanol–water partition coefficient (Wildman–Crippen LogP) is -0.182. The van der Waals surface area contributed by atoms with Crippen LogP contribution in [0.1, 0.15) is 33.1 Å². The summed E-state index contributed by atoms with van der Waals surface area (Å²) < 4.78 is 0. The Balaban J connectivity index is 2.46. The van der Waals surface area contributed by atoms with Crippen molar-refractivity contribution in [1.29, 1.82) is 0 Å². The summed E-state index contributed by atoms with van der Waals surface area (Å²) in [6, 6.07) is -0.680. The molecule has 0 aromatic rings. The molecule has 102 valence electrons. The van der Waals surface area contributed by atoms with Crippen LogP contribution in [0, 0.1) is 0 Å². The Hall–Kier alpha value is -1.79. The van der Waals surface area contributed by atoms with Crippen molar-refractivity contribution in [3.63, 3.8) is 0 Å². The van der Waals surface area contributed by atoms with E-state index in [9.17, 15) is 14.4 Å². The van der Waals surface area contributed by atoms with Crippen molar-refractivity contribution in [2.75, 3.05) is 6.54 Å². The van der Waals surface area contributed by atoms with Crippen molar-refractivity contribution >= 4 is 17.9 Å². The number of carbonyl (C=O) groups excluding carboxylic acids is 2. The SMILES string of the molecule is CCC(C)(NC(=O)NC1CCC(=O)NC1)C(=O)O. The number of hydrogen-bond acceptors (Lipinski definition) is 3. The van der Waals surface area contributed by atoms with E-state index >= 15 is 0 Å². The third kappa shape index (κ3) is 3.61. The Bertz CT molecular complexity index is 348. The third-order valence-corrected chi connectivity index (χ3v) is 3.17. The van der Waals surface area contributed by atoms with Gasteiger partial charge in [-0.15, -0.1) is 0 Å². The number of nitrogens with one attached hydrogen (secondary N) is 3. The van der Waals surface area contributed by atoms with Crippen LogP contribution < -0.4 is 16.0 Å². The summed E-state index contributed by atoms with van der Waals surface area (Å²) in [4.78, 5) is 33.6. The molecule has 1 rings (SSSR count). The minimum atomic E-state index is -1.28. The number of urea groups is 1. The van der Waals surface area contributed by atoms with E-state index in [1.54, 1.807) is 6.92 Å². The first kappa shape index (κ1) is 14.3. The molecule has 0 aliphatic carbocycles. The lowest BCUT2D eigenvalue weighted by Crippen LogP contribution is -2.58. The van der Waals surface area contributed by atoms with Crippen LogP contribution in [0.4, 0.5) is 4.79 Å². The van der Waals surface area contributed by atoms with Gasteiger partial charge in [0.1, 0.15) is 5.54 Å². The summed E-state index contributed by atoms with van der Waals surface area (Å²) in [7, 11) is 0. The van der Waals surface area contributed by atoms with E-state index in [2.05, 4.69) is 16.0 Å². The van der Waals surface area contributed by atoms with E-state index in [1.807, 2.05) is 0 Å². The van der Waals surface area contributed by atoms with Crippen LogP contribution in [-0.4, -0.2) is 41.1 Å². The van der Waals surface area contributed by atoms with Gasteiger partial charge in [-0.3, -0.25) is 4.79 Å². The number of piperidine rings is 1. The minimum absolute atomic E-state index is 0.0302. The first-order chi connectivity index (χ1) is 8.37. The zero-order chi connectivity index (χ0) is 13.8. The highest BCUT2D eigenvalue weighted by molar-refractivity contribution is 5.86.